The molecule has 2 N–H and O–H groups in total. The average molecular weight is 302 g/mol. The molecule has 0 saturated carbocycles. The van der Waals surface area contributed by atoms with Crippen molar-refractivity contribution in [1.29, 1.82) is 0 Å². The summed E-state index contributed by atoms with van der Waals surface area (Å²) in [7, 11) is 0. The maximum Gasteiger partial charge on any atom is 0.307 e. The van der Waals surface area contributed by atoms with Crippen LogP contribution in [0.15, 0.2) is 28.9 Å². The third-order valence-corrected chi connectivity index (χ3v) is 4.34. The van der Waals surface area contributed by atoms with Crippen molar-refractivity contribution in [3.63, 3.8) is 0 Å². The van der Waals surface area contributed by atoms with Crippen molar-refractivity contribution < 1.29 is 13.6 Å². The summed E-state index contributed by atoms with van der Waals surface area (Å²) in [5, 5.41) is 6.39. The molecular weight excluding hydrogens is 287 g/mol. The van der Waals surface area contributed by atoms with E-state index in [2.05, 4.69) is 20.6 Å². The number of oxazole rings is 1. The minimum atomic E-state index is -0.650. The average Bonchev–Trinajstić information content (AvgIpc) is 3.24. The topological polar surface area (TPSA) is 80.0 Å². The molecule has 4 rings (SSSR count). The van der Waals surface area contributed by atoms with Gasteiger partial charge >= 0.3 is 5.91 Å². The highest BCUT2D eigenvalue weighted by Crippen LogP contribution is 2.28. The number of nitrogens with one attached hydrogen (secondary N) is 2. The van der Waals surface area contributed by atoms with Gasteiger partial charge in [-0.05, 0) is 31.4 Å². The number of rotatable bonds is 3. The SMILES string of the molecule is O=C(NC1CC2CCC1N2)c1ncc(-c2cccnc2F)o1. The van der Waals surface area contributed by atoms with Gasteiger partial charge < -0.3 is 15.1 Å². The van der Waals surface area contributed by atoms with Crippen LogP contribution in [-0.4, -0.2) is 34.0 Å². The normalized spacial score (nSPS) is 26.3. The molecule has 2 aliphatic rings. The third kappa shape index (κ3) is 2.27. The first kappa shape index (κ1) is 13.4. The van der Waals surface area contributed by atoms with Crippen molar-refractivity contribution in [3.05, 3.63) is 36.4 Å². The van der Waals surface area contributed by atoms with Crippen molar-refractivity contribution in [3.8, 4) is 11.3 Å². The molecule has 0 radical (unpaired) electrons. The quantitative estimate of drug-likeness (QED) is 0.840. The van der Waals surface area contributed by atoms with E-state index >= 15 is 0 Å². The van der Waals surface area contributed by atoms with Crippen LogP contribution in [0.3, 0.4) is 0 Å². The molecule has 7 heteroatoms. The van der Waals surface area contributed by atoms with Crippen molar-refractivity contribution >= 4 is 5.91 Å². The van der Waals surface area contributed by atoms with E-state index in [-0.39, 0.29) is 29.2 Å². The van der Waals surface area contributed by atoms with E-state index in [0.717, 1.165) is 12.8 Å². The second-order valence-electron chi connectivity index (χ2n) is 5.73. The van der Waals surface area contributed by atoms with Gasteiger partial charge in [-0.25, -0.2) is 9.97 Å². The van der Waals surface area contributed by atoms with E-state index < -0.39 is 5.95 Å². The first-order chi connectivity index (χ1) is 10.7. The van der Waals surface area contributed by atoms with E-state index in [0.29, 0.717) is 12.1 Å². The Balaban J connectivity index is 1.49. The van der Waals surface area contributed by atoms with E-state index in [1.54, 1.807) is 6.07 Å². The first-order valence-electron chi connectivity index (χ1n) is 7.34. The maximum absolute atomic E-state index is 13.6. The lowest BCUT2D eigenvalue weighted by Crippen LogP contribution is -2.43. The zero-order chi connectivity index (χ0) is 15.1. The van der Waals surface area contributed by atoms with Gasteiger partial charge in [0.15, 0.2) is 5.76 Å². The lowest BCUT2D eigenvalue weighted by Gasteiger charge is -2.20. The standard InChI is InChI=1S/C15H15FN4O2/c16-13-9(2-1-5-17-13)12-7-18-15(22-12)14(21)20-11-6-8-3-4-10(11)19-8/h1-2,5,7-8,10-11,19H,3-4,6H2,(H,20,21). The highest BCUT2D eigenvalue weighted by atomic mass is 19.1. The molecule has 0 spiro atoms. The van der Waals surface area contributed by atoms with Crippen LogP contribution in [0.4, 0.5) is 4.39 Å². The molecule has 0 aromatic carbocycles. The second-order valence-corrected chi connectivity index (χ2v) is 5.73. The monoisotopic (exact) mass is 302 g/mol. The summed E-state index contributed by atoms with van der Waals surface area (Å²) in [4.78, 5) is 19.7. The molecule has 2 bridgehead atoms. The minimum absolute atomic E-state index is 0.0546. The molecule has 4 heterocycles. The van der Waals surface area contributed by atoms with Crippen LogP contribution in [0.1, 0.15) is 29.9 Å². The molecule has 1 amide bonds. The molecule has 2 saturated heterocycles. The Labute approximate surface area is 126 Å². The van der Waals surface area contributed by atoms with Crippen LogP contribution < -0.4 is 10.6 Å². The molecule has 2 aliphatic heterocycles. The Morgan fingerprint density at radius 3 is 3.05 bits per heavy atom. The lowest BCUT2D eigenvalue weighted by molar-refractivity contribution is 0.0896. The molecule has 114 valence electrons. The van der Waals surface area contributed by atoms with Crippen molar-refractivity contribution in [1.82, 2.24) is 20.6 Å². The van der Waals surface area contributed by atoms with Gasteiger partial charge in [0, 0.05) is 24.3 Å². The number of hydrogen-bond donors (Lipinski definition) is 2. The van der Waals surface area contributed by atoms with E-state index in [1.165, 1.54) is 24.9 Å². The van der Waals surface area contributed by atoms with Crippen LogP contribution in [0.25, 0.3) is 11.3 Å². The highest BCUT2D eigenvalue weighted by molar-refractivity contribution is 5.90. The van der Waals surface area contributed by atoms with E-state index in [1.807, 2.05) is 0 Å². The molecule has 6 nitrogen and oxygen atoms in total. The number of hydrogen-bond acceptors (Lipinski definition) is 5. The number of aromatic nitrogens is 2. The number of amides is 1. The van der Waals surface area contributed by atoms with Crippen LogP contribution in [0, 0.1) is 5.95 Å². The molecule has 22 heavy (non-hydrogen) atoms. The largest absolute Gasteiger partial charge is 0.432 e. The van der Waals surface area contributed by atoms with Gasteiger partial charge in [-0.2, -0.15) is 4.39 Å². The number of carbonyl (C=O) groups excluding carboxylic acids is 1. The van der Waals surface area contributed by atoms with Gasteiger partial charge in [0.2, 0.25) is 5.95 Å². The maximum atomic E-state index is 13.6. The van der Waals surface area contributed by atoms with Crippen molar-refractivity contribution in [2.45, 2.75) is 37.4 Å². The fourth-order valence-electron chi connectivity index (χ4n) is 3.29. The van der Waals surface area contributed by atoms with Gasteiger partial charge in [0.25, 0.3) is 5.89 Å². The Kier molecular flexibility index (Phi) is 3.15. The smallest absolute Gasteiger partial charge is 0.307 e. The van der Waals surface area contributed by atoms with Crippen LogP contribution in [-0.2, 0) is 0 Å². The number of halogens is 1. The molecule has 2 fully saturated rings. The molecule has 3 atom stereocenters. The highest BCUT2D eigenvalue weighted by Gasteiger charge is 2.40. The molecule has 2 aromatic rings. The van der Waals surface area contributed by atoms with Crippen LogP contribution in [0.2, 0.25) is 0 Å². The molecular formula is C15H15FN4O2. The zero-order valence-corrected chi connectivity index (χ0v) is 11.8. The Hall–Kier alpha value is -2.28. The number of pyridine rings is 1. The lowest BCUT2D eigenvalue weighted by atomic mass is 9.95. The van der Waals surface area contributed by atoms with E-state index in [9.17, 15) is 9.18 Å². The number of nitrogens with zero attached hydrogens (tertiary/aromatic N) is 2. The van der Waals surface area contributed by atoms with Crippen LogP contribution >= 0.6 is 0 Å². The fourth-order valence-corrected chi connectivity index (χ4v) is 3.29. The summed E-state index contributed by atoms with van der Waals surface area (Å²) in [5.74, 6) is -0.874. The Morgan fingerprint density at radius 2 is 2.32 bits per heavy atom. The third-order valence-electron chi connectivity index (χ3n) is 4.34. The van der Waals surface area contributed by atoms with Gasteiger partial charge in [0.05, 0.1) is 11.8 Å². The predicted octanol–water partition coefficient (Wildman–Crippen LogP) is 1.50. The Bertz CT molecular complexity index is 717. The first-order valence-corrected chi connectivity index (χ1v) is 7.34. The zero-order valence-electron chi connectivity index (χ0n) is 11.8. The summed E-state index contributed by atoms with van der Waals surface area (Å²) in [5.41, 5.74) is 0.190. The summed E-state index contributed by atoms with van der Waals surface area (Å²) >= 11 is 0. The van der Waals surface area contributed by atoms with Gasteiger partial charge in [0.1, 0.15) is 0 Å². The van der Waals surface area contributed by atoms with Gasteiger partial charge in [-0.15, -0.1) is 0 Å². The predicted molar refractivity (Wildman–Crippen MR) is 75.5 cm³/mol. The summed E-state index contributed by atoms with van der Waals surface area (Å²) < 4.78 is 19.0. The van der Waals surface area contributed by atoms with Gasteiger partial charge in [-0.1, -0.05) is 0 Å². The number of fused-ring (bicyclic) bond motifs is 2. The molecule has 3 unspecified atom stereocenters. The van der Waals surface area contributed by atoms with E-state index in [4.69, 9.17) is 4.42 Å². The van der Waals surface area contributed by atoms with Crippen molar-refractivity contribution in [2.75, 3.05) is 0 Å². The summed E-state index contributed by atoms with van der Waals surface area (Å²) in [6, 6.07) is 4.07. The molecule has 2 aromatic heterocycles. The van der Waals surface area contributed by atoms with Gasteiger partial charge in [-0.3, -0.25) is 4.79 Å². The number of carbonyl (C=O) groups is 1. The molecule has 0 aliphatic carbocycles. The summed E-state index contributed by atoms with van der Waals surface area (Å²) in [6.45, 7) is 0. The minimum Gasteiger partial charge on any atom is -0.432 e. The summed E-state index contributed by atoms with van der Waals surface area (Å²) in [6.07, 6.45) is 5.87. The second kappa shape index (κ2) is 5.17. The fraction of sp³-hybridized carbons (Fsp3) is 0.400. The van der Waals surface area contributed by atoms with Crippen molar-refractivity contribution in [2.24, 2.45) is 0 Å². The Morgan fingerprint density at radius 1 is 1.41 bits per heavy atom. The van der Waals surface area contributed by atoms with Crippen LogP contribution in [0.5, 0.6) is 0 Å².